The average Bonchev–Trinajstić information content (AvgIpc) is 1.60. The summed E-state index contributed by atoms with van der Waals surface area (Å²) >= 11 is 8.56. The van der Waals surface area contributed by atoms with Crippen LogP contribution in [0.2, 0.25) is 5.02 Å². The first-order chi connectivity index (χ1) is 57.7. The number of nitrogens with two attached hydrogens (primary N) is 1. The second kappa shape index (κ2) is 42.1. The maximum absolute atomic E-state index is 14.6. The normalized spacial score (nSPS) is 14.3. The van der Waals surface area contributed by atoms with Crippen LogP contribution in [-0.2, 0) is 84.1 Å². The number of thiophene rings is 1. The minimum absolute atomic E-state index is 0.0179. The molecule has 2 aliphatic rings. The Bertz CT molecular complexity index is 5270. The van der Waals surface area contributed by atoms with Gasteiger partial charge in [0.1, 0.15) is 72.7 Å². The first kappa shape index (κ1) is 91.0. The number of imide groups is 1. The summed E-state index contributed by atoms with van der Waals surface area (Å²) in [6, 6.07) is 25.3. The summed E-state index contributed by atoms with van der Waals surface area (Å²) in [6.07, 6.45) is 2.33. The van der Waals surface area contributed by atoms with Gasteiger partial charge in [0.15, 0.2) is 17.6 Å². The molecule has 10 N–H and O–H groups in total. The molecule has 642 valence electrons. The molecule has 35 nitrogen and oxygen atoms in total. The van der Waals surface area contributed by atoms with Gasteiger partial charge in [-0.05, 0) is 108 Å². The number of aliphatic carboxylic acids is 2. The van der Waals surface area contributed by atoms with E-state index in [-0.39, 0.29) is 88.3 Å². The van der Waals surface area contributed by atoms with Crippen molar-refractivity contribution >= 4 is 108 Å². The molecule has 0 aliphatic carbocycles. The molecule has 1 saturated heterocycles. The zero-order valence-corrected chi connectivity index (χ0v) is 69.3. The molecule has 5 heterocycles. The van der Waals surface area contributed by atoms with Gasteiger partial charge in [-0.15, -0.1) is 11.3 Å². The molecule has 0 saturated carbocycles. The minimum Gasteiger partial charge on any atom is -0.496 e. The van der Waals surface area contributed by atoms with Crippen molar-refractivity contribution < 1.29 is 108 Å². The molecular formula is C82H93ClFN14O21S2+. The third-order valence-electron chi connectivity index (χ3n) is 19.9. The second-order valence-electron chi connectivity index (χ2n) is 29.2. The van der Waals surface area contributed by atoms with Gasteiger partial charge in [-0.2, -0.15) is 8.42 Å². The quantitative estimate of drug-likeness (QED) is 0.00808. The van der Waals surface area contributed by atoms with Gasteiger partial charge in [0.2, 0.25) is 35.6 Å². The largest absolute Gasteiger partial charge is 0.496 e. The molecule has 121 heavy (non-hydrogen) atoms. The predicted octanol–water partition coefficient (Wildman–Crippen LogP) is 6.96. The summed E-state index contributed by atoms with van der Waals surface area (Å²) in [5, 5.41) is 33.9. The highest BCUT2D eigenvalue weighted by Gasteiger charge is 2.35. The van der Waals surface area contributed by atoms with E-state index in [2.05, 4.69) is 41.1 Å². The fraction of sp³-hybridized carbons (Fsp3) is 0.366. The zero-order valence-electron chi connectivity index (χ0n) is 66.9. The fourth-order valence-corrected chi connectivity index (χ4v) is 15.2. The van der Waals surface area contributed by atoms with Crippen molar-refractivity contribution in [1.82, 2.24) is 55.9 Å². The van der Waals surface area contributed by atoms with E-state index in [1.54, 1.807) is 93.9 Å². The predicted molar refractivity (Wildman–Crippen MR) is 441 cm³/mol. The Morgan fingerprint density at radius 2 is 1.50 bits per heavy atom. The number of nitrogens with zero attached hydrogens (tertiary/aromatic N) is 8. The van der Waals surface area contributed by atoms with Gasteiger partial charge in [0, 0.05) is 92.7 Å². The lowest BCUT2D eigenvalue weighted by atomic mass is 9.96. The SMILES string of the molecule is COc1ccccc1-c1nccc(COc2ccccc2C[C@@H](Oc2ncnc3sc(-c4ccc(F)cc4)c(-c4ccc(OCCN5CC[N+](C)(Cc6ccc(NC(=O)[C@H](CCCNC(N)=O)NC(=O)[C@@H](NC(=O)CCOCCN7C(=O)C=CC7=O)C(C)C)cc6CN(C)C(=O)OC[C@H](NC(=O)CS(=O)(=O)O)C(=O)O)CC5)c(Cl)c4C)c23)C(=O)O)n1. The molecule has 5 aromatic carbocycles. The van der Waals surface area contributed by atoms with Gasteiger partial charge < -0.3 is 80.3 Å². The van der Waals surface area contributed by atoms with Crippen LogP contribution in [0.4, 0.5) is 19.7 Å². The van der Waals surface area contributed by atoms with Crippen molar-refractivity contribution in [3.05, 3.63) is 173 Å². The number of carbonyl (C=O) groups excluding carboxylic acids is 8. The molecule has 0 spiro atoms. The molecule has 0 unspecified atom stereocenters. The lowest BCUT2D eigenvalue weighted by Gasteiger charge is -2.42. The highest BCUT2D eigenvalue weighted by atomic mass is 35.5. The number of fused-ring (bicyclic) bond motifs is 1. The number of carboxylic acids is 2. The number of likely N-dealkylation sites (N-methyl/N-ethyl adjacent to an activating group) is 1. The number of methoxy groups -OCH3 is 1. The van der Waals surface area contributed by atoms with Crippen LogP contribution in [0.3, 0.4) is 0 Å². The Balaban J connectivity index is 0.821. The smallest absolute Gasteiger partial charge is 0.409 e. The van der Waals surface area contributed by atoms with Crippen LogP contribution in [0.15, 0.2) is 134 Å². The molecule has 2 aliphatic heterocycles. The number of nitrogens with one attached hydrogen (secondary N) is 5. The van der Waals surface area contributed by atoms with E-state index >= 15 is 0 Å². The zero-order chi connectivity index (χ0) is 87.2. The van der Waals surface area contributed by atoms with Crippen LogP contribution in [0, 0.1) is 18.7 Å². The first-order valence-electron chi connectivity index (χ1n) is 38.3. The van der Waals surface area contributed by atoms with Crippen molar-refractivity contribution in [1.29, 1.82) is 0 Å². The van der Waals surface area contributed by atoms with Crippen LogP contribution < -0.4 is 51.3 Å². The maximum Gasteiger partial charge on any atom is 0.409 e. The van der Waals surface area contributed by atoms with Crippen molar-refractivity contribution in [2.75, 3.05) is 105 Å². The van der Waals surface area contributed by atoms with E-state index in [1.165, 1.54) is 36.8 Å². The number of rotatable bonds is 42. The average molecular weight is 1730 g/mol. The van der Waals surface area contributed by atoms with Gasteiger partial charge in [-0.3, -0.25) is 43.1 Å². The summed E-state index contributed by atoms with van der Waals surface area (Å²) < 4.78 is 82.4. The molecule has 39 heteroatoms. The highest BCUT2D eigenvalue weighted by Crippen LogP contribution is 2.50. The van der Waals surface area contributed by atoms with Gasteiger partial charge in [-0.25, -0.2) is 43.5 Å². The number of hydrogen-bond donors (Lipinski definition) is 9. The third-order valence-corrected chi connectivity index (χ3v) is 22.1. The number of quaternary nitrogens is 1. The Kier molecular flexibility index (Phi) is 31.6. The molecule has 1 fully saturated rings. The van der Waals surface area contributed by atoms with Gasteiger partial charge in [0.25, 0.3) is 21.9 Å². The number of benzene rings is 5. The van der Waals surface area contributed by atoms with E-state index in [9.17, 15) is 71.0 Å². The van der Waals surface area contributed by atoms with Crippen LogP contribution >= 0.6 is 22.9 Å². The summed E-state index contributed by atoms with van der Waals surface area (Å²) in [4.78, 5) is 152. The number of aromatic nitrogens is 4. The van der Waals surface area contributed by atoms with E-state index in [0.29, 0.717) is 132 Å². The van der Waals surface area contributed by atoms with E-state index < -0.39 is 118 Å². The van der Waals surface area contributed by atoms with Gasteiger partial charge in [-0.1, -0.05) is 80.0 Å². The summed E-state index contributed by atoms with van der Waals surface area (Å²) in [6.45, 7) is 7.21. The number of carboxylic acid groups (broad SMARTS) is 2. The van der Waals surface area contributed by atoms with Crippen molar-refractivity contribution in [3.63, 3.8) is 0 Å². The molecule has 10 rings (SSSR count). The van der Waals surface area contributed by atoms with Crippen LogP contribution in [0.5, 0.6) is 23.1 Å². The van der Waals surface area contributed by atoms with Crippen LogP contribution in [-0.4, -0.2) is 245 Å². The number of halogens is 2. The topological polar surface area (TPSA) is 468 Å². The summed E-state index contributed by atoms with van der Waals surface area (Å²) in [7, 11) is 0.0971. The Morgan fingerprint density at radius 1 is 0.777 bits per heavy atom. The molecule has 3 aromatic heterocycles. The lowest BCUT2D eigenvalue weighted by Crippen LogP contribution is -2.57. The van der Waals surface area contributed by atoms with E-state index in [4.69, 9.17) is 55.3 Å². The Labute approximate surface area is 704 Å². The monoisotopic (exact) mass is 1730 g/mol. The molecule has 9 amide bonds. The van der Waals surface area contributed by atoms with Crippen LogP contribution in [0.25, 0.3) is 43.2 Å². The number of amides is 9. The van der Waals surface area contributed by atoms with E-state index in [0.717, 1.165) is 22.0 Å². The van der Waals surface area contributed by atoms with Crippen LogP contribution in [0.1, 0.15) is 61.1 Å². The Morgan fingerprint density at radius 3 is 2.19 bits per heavy atom. The standard InChI is InChI=1S/C82H92ClFN14O21S2/c1-48(2)72(94-65(99)28-37-115-38-34-97-67(101)25-26-68(97)102)76(104)93-59(14-11-29-87-81(85)109)75(103)91-55-22-19-52(53(40-55)42-95(4)82(110)118-45-60(79(105)106)92-66(100)46-121(111,112)113)43-98(5)35-31-96(32-36-98)33-39-116-63-24-23-57(49(3)71(63)83)69-70-77(88-47-89-78(70)120-73(69)50-17-20-54(84)21-18-50)119-64(80(107)108)41-51-12-7-9-15-61(51)117-44-56-27-30-86-74(90-56)58-13-8-10-16-62(58)114-6/h7-10,12-13,15-27,30,40,47-48,59-60,64,72H,11,14,28-29,31-39,41-46H2,1-6H3,(H9-,85,87,91,92,93,94,99,100,103,104,105,106,107,108,109,111,112,113)/p+1/t59-,60-,64+,72-/m0/s1. The summed E-state index contributed by atoms with van der Waals surface area (Å²) in [5.74, 6) is -8.02. The minimum atomic E-state index is -4.85. The van der Waals surface area contributed by atoms with Crippen molar-refractivity contribution in [2.24, 2.45) is 11.7 Å². The van der Waals surface area contributed by atoms with Crippen molar-refractivity contribution in [3.8, 4) is 56.1 Å². The third kappa shape index (κ3) is 25.4. The number of primary amides is 1. The fourth-order valence-electron chi connectivity index (χ4n) is 13.4. The highest BCUT2D eigenvalue weighted by molar-refractivity contribution is 7.86. The van der Waals surface area contributed by atoms with Gasteiger partial charge >= 0.3 is 24.1 Å². The number of piperazine rings is 1. The van der Waals surface area contributed by atoms with E-state index in [1.807, 2.05) is 49.6 Å². The van der Waals surface area contributed by atoms with Crippen molar-refractivity contribution in [2.45, 2.75) is 90.4 Å². The molecule has 4 atom stereocenters. The second-order valence-corrected chi connectivity index (χ2v) is 32.0. The molecule has 8 aromatic rings. The number of para-hydroxylation sites is 2. The number of anilines is 1. The Hall–Kier alpha value is -12.3. The number of ether oxygens (including phenoxy) is 6. The maximum atomic E-state index is 14.6. The number of carbonyl (C=O) groups is 10. The summed E-state index contributed by atoms with van der Waals surface area (Å²) in [5.41, 5.74) is 10.8. The van der Waals surface area contributed by atoms with Gasteiger partial charge in [0.05, 0.1) is 68.7 Å². The first-order valence-corrected chi connectivity index (χ1v) is 41.1. The molecular weight excluding hydrogens is 1640 g/mol. The number of hydrogen-bond acceptors (Lipinski definition) is 24. The molecule has 0 radical (unpaired) electrons. The lowest BCUT2D eigenvalue weighted by molar-refractivity contribution is -0.926. The number of urea groups is 1. The molecule has 0 bridgehead atoms.